The Kier molecular flexibility index (Phi) is 5.18. The maximum atomic E-state index is 12.6. The summed E-state index contributed by atoms with van der Waals surface area (Å²) >= 11 is 0. The van der Waals surface area contributed by atoms with Crippen molar-refractivity contribution in [2.24, 2.45) is 5.92 Å². The van der Waals surface area contributed by atoms with E-state index in [-0.39, 0.29) is 11.8 Å². The van der Waals surface area contributed by atoms with Gasteiger partial charge in [0.25, 0.3) is 0 Å². The summed E-state index contributed by atoms with van der Waals surface area (Å²) in [7, 11) is 3.96. The summed E-state index contributed by atoms with van der Waals surface area (Å²) in [6, 6.07) is 1.98. The highest BCUT2D eigenvalue weighted by Crippen LogP contribution is 2.21. The van der Waals surface area contributed by atoms with Crippen molar-refractivity contribution in [1.82, 2.24) is 14.9 Å². The predicted molar refractivity (Wildman–Crippen MR) is 93.4 cm³/mol. The number of ether oxygens (including phenoxy) is 1. The van der Waals surface area contributed by atoms with E-state index in [0.29, 0.717) is 13.2 Å². The predicted octanol–water partition coefficient (Wildman–Crippen LogP) is 0.926. The van der Waals surface area contributed by atoms with E-state index < -0.39 is 0 Å². The fourth-order valence-electron chi connectivity index (χ4n) is 3.24. The van der Waals surface area contributed by atoms with Crippen LogP contribution in [0.15, 0.2) is 6.07 Å². The van der Waals surface area contributed by atoms with Gasteiger partial charge in [0.15, 0.2) is 0 Å². The molecule has 1 aromatic rings. The number of piperazine rings is 1. The van der Waals surface area contributed by atoms with E-state index in [0.717, 1.165) is 56.5 Å². The SMILES string of the molecule is Cc1cc(N(C)C)nc(N2CCN(C(=O)C3CCOCC3)CC2)n1. The van der Waals surface area contributed by atoms with Gasteiger partial charge in [-0.3, -0.25) is 4.79 Å². The first kappa shape index (κ1) is 17.0. The Bertz CT molecular complexity index is 578. The summed E-state index contributed by atoms with van der Waals surface area (Å²) in [6.45, 7) is 6.46. The van der Waals surface area contributed by atoms with Gasteiger partial charge in [0, 0.05) is 71.2 Å². The molecule has 1 amide bonds. The van der Waals surface area contributed by atoms with Crippen LogP contribution in [0.2, 0.25) is 0 Å². The van der Waals surface area contributed by atoms with E-state index in [4.69, 9.17) is 4.74 Å². The molecule has 3 rings (SSSR count). The maximum absolute atomic E-state index is 12.6. The molecule has 0 bridgehead atoms. The van der Waals surface area contributed by atoms with E-state index >= 15 is 0 Å². The number of anilines is 2. The molecule has 2 aliphatic heterocycles. The largest absolute Gasteiger partial charge is 0.381 e. The lowest BCUT2D eigenvalue weighted by Crippen LogP contribution is -2.51. The van der Waals surface area contributed by atoms with Gasteiger partial charge in [0.1, 0.15) is 5.82 Å². The van der Waals surface area contributed by atoms with Crippen LogP contribution >= 0.6 is 0 Å². The van der Waals surface area contributed by atoms with Crippen molar-refractivity contribution < 1.29 is 9.53 Å². The summed E-state index contributed by atoms with van der Waals surface area (Å²) in [4.78, 5) is 28.0. The van der Waals surface area contributed by atoms with Crippen molar-refractivity contribution in [2.45, 2.75) is 19.8 Å². The van der Waals surface area contributed by atoms with Crippen molar-refractivity contribution in [3.8, 4) is 0 Å². The van der Waals surface area contributed by atoms with Gasteiger partial charge in [-0.1, -0.05) is 0 Å². The second-order valence-corrected chi connectivity index (χ2v) is 6.76. The van der Waals surface area contributed by atoms with Gasteiger partial charge in [-0.25, -0.2) is 4.98 Å². The van der Waals surface area contributed by atoms with Crippen molar-refractivity contribution in [1.29, 1.82) is 0 Å². The fourth-order valence-corrected chi connectivity index (χ4v) is 3.24. The van der Waals surface area contributed by atoms with E-state index in [2.05, 4.69) is 14.9 Å². The molecule has 3 heterocycles. The molecule has 132 valence electrons. The van der Waals surface area contributed by atoms with Crippen LogP contribution in [0.25, 0.3) is 0 Å². The highest BCUT2D eigenvalue weighted by molar-refractivity contribution is 5.79. The third-order valence-corrected chi connectivity index (χ3v) is 4.73. The first-order valence-electron chi connectivity index (χ1n) is 8.69. The molecule has 0 N–H and O–H groups in total. The van der Waals surface area contributed by atoms with Gasteiger partial charge in [-0.15, -0.1) is 0 Å². The van der Waals surface area contributed by atoms with Crippen LogP contribution in [-0.2, 0) is 9.53 Å². The number of carbonyl (C=O) groups excluding carboxylic acids is 1. The molecule has 7 nitrogen and oxygen atoms in total. The highest BCUT2D eigenvalue weighted by atomic mass is 16.5. The van der Waals surface area contributed by atoms with Crippen LogP contribution in [0, 0.1) is 12.8 Å². The van der Waals surface area contributed by atoms with Gasteiger partial charge < -0.3 is 19.4 Å². The van der Waals surface area contributed by atoms with Crippen molar-refractivity contribution in [2.75, 3.05) is 63.3 Å². The molecular weight excluding hydrogens is 306 g/mol. The van der Waals surface area contributed by atoms with Crippen LogP contribution < -0.4 is 9.80 Å². The molecule has 24 heavy (non-hydrogen) atoms. The van der Waals surface area contributed by atoms with Crippen LogP contribution in [0.1, 0.15) is 18.5 Å². The van der Waals surface area contributed by atoms with Crippen molar-refractivity contribution >= 4 is 17.7 Å². The first-order valence-corrected chi connectivity index (χ1v) is 8.69. The van der Waals surface area contributed by atoms with E-state index in [9.17, 15) is 4.79 Å². The Morgan fingerprint density at radius 2 is 1.83 bits per heavy atom. The maximum Gasteiger partial charge on any atom is 0.227 e. The van der Waals surface area contributed by atoms with Crippen LogP contribution in [0.3, 0.4) is 0 Å². The van der Waals surface area contributed by atoms with Gasteiger partial charge >= 0.3 is 0 Å². The highest BCUT2D eigenvalue weighted by Gasteiger charge is 2.29. The summed E-state index contributed by atoms with van der Waals surface area (Å²) in [6.07, 6.45) is 1.71. The topological polar surface area (TPSA) is 61.8 Å². The number of aromatic nitrogens is 2. The van der Waals surface area contributed by atoms with E-state index in [1.54, 1.807) is 0 Å². The normalized spacial score (nSPS) is 19.5. The number of carbonyl (C=O) groups is 1. The minimum atomic E-state index is 0.140. The molecule has 0 radical (unpaired) electrons. The number of nitrogens with zero attached hydrogens (tertiary/aromatic N) is 5. The third kappa shape index (κ3) is 3.77. The molecule has 0 aliphatic carbocycles. The molecule has 2 saturated heterocycles. The molecule has 0 saturated carbocycles. The monoisotopic (exact) mass is 333 g/mol. The lowest BCUT2D eigenvalue weighted by molar-refractivity contribution is -0.138. The Balaban J connectivity index is 1.61. The Morgan fingerprint density at radius 3 is 2.46 bits per heavy atom. The Morgan fingerprint density at radius 1 is 1.17 bits per heavy atom. The summed E-state index contributed by atoms with van der Waals surface area (Å²) in [5.41, 5.74) is 0.962. The summed E-state index contributed by atoms with van der Waals surface area (Å²) in [5.74, 6) is 2.10. The zero-order valence-corrected chi connectivity index (χ0v) is 14.9. The smallest absolute Gasteiger partial charge is 0.227 e. The van der Waals surface area contributed by atoms with Crippen LogP contribution in [0.4, 0.5) is 11.8 Å². The Labute approximate surface area is 143 Å². The molecule has 0 unspecified atom stereocenters. The Hall–Kier alpha value is -1.89. The average Bonchev–Trinajstić information content (AvgIpc) is 2.61. The molecule has 2 fully saturated rings. The number of rotatable bonds is 3. The third-order valence-electron chi connectivity index (χ3n) is 4.73. The number of amides is 1. The first-order chi connectivity index (χ1) is 11.5. The van der Waals surface area contributed by atoms with Gasteiger partial charge in [-0.05, 0) is 19.8 Å². The number of hydrogen-bond donors (Lipinski definition) is 0. The molecule has 0 aromatic carbocycles. The van der Waals surface area contributed by atoms with Crippen LogP contribution in [0.5, 0.6) is 0 Å². The molecule has 2 aliphatic rings. The zero-order chi connectivity index (χ0) is 17.1. The standard InChI is InChI=1S/C17H27N5O2/c1-13-12-15(20(2)3)19-17(18-13)22-8-6-21(7-9-22)16(23)14-4-10-24-11-5-14/h12,14H,4-11H2,1-3H3. The van der Waals surface area contributed by atoms with E-state index in [1.807, 2.05) is 36.9 Å². The molecule has 0 spiro atoms. The van der Waals surface area contributed by atoms with E-state index in [1.165, 1.54) is 0 Å². The summed E-state index contributed by atoms with van der Waals surface area (Å²) in [5, 5.41) is 0. The molecular formula is C17H27N5O2. The van der Waals surface area contributed by atoms with Gasteiger partial charge in [0.05, 0.1) is 0 Å². The average molecular weight is 333 g/mol. The molecule has 7 heteroatoms. The van der Waals surface area contributed by atoms with Gasteiger partial charge in [0.2, 0.25) is 11.9 Å². The zero-order valence-electron chi connectivity index (χ0n) is 14.9. The summed E-state index contributed by atoms with van der Waals surface area (Å²) < 4.78 is 5.35. The van der Waals surface area contributed by atoms with Crippen molar-refractivity contribution in [3.05, 3.63) is 11.8 Å². The lowest BCUT2D eigenvalue weighted by atomic mass is 9.98. The molecule has 0 atom stereocenters. The number of aryl methyl sites for hydroxylation is 1. The minimum Gasteiger partial charge on any atom is -0.381 e. The molecule has 1 aromatic heterocycles. The lowest BCUT2D eigenvalue weighted by Gasteiger charge is -2.37. The minimum absolute atomic E-state index is 0.140. The quantitative estimate of drug-likeness (QED) is 0.820. The number of hydrogen-bond acceptors (Lipinski definition) is 6. The van der Waals surface area contributed by atoms with Crippen molar-refractivity contribution in [3.63, 3.8) is 0 Å². The van der Waals surface area contributed by atoms with Gasteiger partial charge in [-0.2, -0.15) is 4.98 Å². The van der Waals surface area contributed by atoms with Crippen LogP contribution in [-0.4, -0.2) is 74.3 Å². The fraction of sp³-hybridized carbons (Fsp3) is 0.706. The second-order valence-electron chi connectivity index (χ2n) is 6.76. The second kappa shape index (κ2) is 7.34.